The lowest BCUT2D eigenvalue weighted by Crippen LogP contribution is -2.28. The third-order valence-corrected chi connectivity index (χ3v) is 2.56. The van der Waals surface area contributed by atoms with Gasteiger partial charge in [-0.25, -0.2) is 0 Å². The first-order valence-electron chi connectivity index (χ1n) is 4.27. The highest BCUT2D eigenvalue weighted by atomic mass is 32.2. The van der Waals surface area contributed by atoms with Crippen molar-refractivity contribution in [1.82, 2.24) is 0 Å². The number of alkyl halides is 6. The van der Waals surface area contributed by atoms with Gasteiger partial charge in [0.2, 0.25) is 0 Å². The molecule has 0 radical (unpaired) electrons. The molecule has 0 fully saturated rings. The minimum Gasteiger partial charge on any atom is -0.316 e. The molecule has 0 aliphatic rings. The molecule has 0 spiro atoms. The Kier molecular flexibility index (Phi) is 3.98. The van der Waals surface area contributed by atoms with Crippen LogP contribution in [-0.2, 0) is 0 Å². The van der Waals surface area contributed by atoms with E-state index in [9.17, 15) is 26.3 Å². The average molecular weight is 275 g/mol. The highest BCUT2D eigenvalue weighted by Gasteiger charge is 2.37. The zero-order valence-electron chi connectivity index (χ0n) is 8.14. The number of benzene rings is 1. The molecular formula is C9H7F6NS. The van der Waals surface area contributed by atoms with Gasteiger partial charge >= 0.3 is 11.7 Å². The van der Waals surface area contributed by atoms with Crippen molar-refractivity contribution in [3.05, 3.63) is 29.8 Å². The monoisotopic (exact) mass is 275 g/mol. The number of thioether (sulfide) groups is 1. The number of nitrogens with two attached hydrogens (primary N) is 1. The normalized spacial score (nSPS) is 14.8. The van der Waals surface area contributed by atoms with Crippen LogP contribution in [0, 0.1) is 0 Å². The summed E-state index contributed by atoms with van der Waals surface area (Å²) in [5, 5.41) is 0. The van der Waals surface area contributed by atoms with Crippen LogP contribution in [0.5, 0.6) is 0 Å². The van der Waals surface area contributed by atoms with Crippen LogP contribution in [0.15, 0.2) is 29.2 Å². The van der Waals surface area contributed by atoms with E-state index in [4.69, 9.17) is 5.73 Å². The topological polar surface area (TPSA) is 26.0 Å². The molecule has 1 aromatic carbocycles. The molecule has 0 unspecified atom stereocenters. The molecule has 1 aromatic rings. The molecule has 2 N–H and O–H groups in total. The predicted molar refractivity (Wildman–Crippen MR) is 51.3 cm³/mol. The van der Waals surface area contributed by atoms with Crippen molar-refractivity contribution in [3.63, 3.8) is 0 Å². The predicted octanol–water partition coefficient (Wildman–Crippen LogP) is 3.86. The van der Waals surface area contributed by atoms with E-state index in [1.807, 2.05) is 0 Å². The van der Waals surface area contributed by atoms with E-state index >= 15 is 0 Å². The van der Waals surface area contributed by atoms with Crippen LogP contribution in [0.1, 0.15) is 11.6 Å². The van der Waals surface area contributed by atoms with Gasteiger partial charge in [0.05, 0.1) is 0 Å². The van der Waals surface area contributed by atoms with Crippen molar-refractivity contribution < 1.29 is 26.3 Å². The molecule has 8 heteroatoms. The van der Waals surface area contributed by atoms with E-state index in [0.29, 0.717) is 0 Å². The van der Waals surface area contributed by atoms with Gasteiger partial charge in [-0.15, -0.1) is 0 Å². The second-order valence-corrected chi connectivity index (χ2v) is 4.27. The first-order chi connectivity index (χ1) is 7.59. The molecule has 0 aliphatic carbocycles. The summed E-state index contributed by atoms with van der Waals surface area (Å²) in [6.07, 6.45) is -4.61. The van der Waals surface area contributed by atoms with Crippen molar-refractivity contribution in [2.45, 2.75) is 22.6 Å². The Labute approximate surface area is 97.0 Å². The first kappa shape index (κ1) is 14.2. The fraction of sp³-hybridized carbons (Fsp3) is 0.333. The van der Waals surface area contributed by atoms with Gasteiger partial charge in [0.15, 0.2) is 0 Å². The zero-order chi connectivity index (χ0) is 13.3. The summed E-state index contributed by atoms with van der Waals surface area (Å²) in [7, 11) is 0. The minimum absolute atomic E-state index is 0.185. The third kappa shape index (κ3) is 4.47. The minimum atomic E-state index is -4.61. The van der Waals surface area contributed by atoms with Gasteiger partial charge in [0.25, 0.3) is 0 Å². The van der Waals surface area contributed by atoms with Crippen LogP contribution in [0.4, 0.5) is 26.3 Å². The Morgan fingerprint density at radius 3 is 1.76 bits per heavy atom. The SMILES string of the molecule is N[C@@H](c1ccc(SC(F)(F)F)cc1)C(F)(F)F. The number of hydrogen-bond acceptors (Lipinski definition) is 2. The van der Waals surface area contributed by atoms with Crippen LogP contribution >= 0.6 is 11.8 Å². The lowest BCUT2D eigenvalue weighted by molar-refractivity contribution is -0.149. The van der Waals surface area contributed by atoms with E-state index in [0.717, 1.165) is 24.3 Å². The largest absolute Gasteiger partial charge is 0.446 e. The molecule has 96 valence electrons. The van der Waals surface area contributed by atoms with Crippen molar-refractivity contribution in [3.8, 4) is 0 Å². The van der Waals surface area contributed by atoms with Gasteiger partial charge in [0, 0.05) is 4.90 Å². The number of halogens is 6. The smallest absolute Gasteiger partial charge is 0.316 e. The van der Waals surface area contributed by atoms with Crippen molar-refractivity contribution in [2.24, 2.45) is 5.73 Å². The van der Waals surface area contributed by atoms with E-state index < -0.39 is 29.5 Å². The van der Waals surface area contributed by atoms with Crippen molar-refractivity contribution in [2.75, 3.05) is 0 Å². The Morgan fingerprint density at radius 1 is 0.941 bits per heavy atom. The Morgan fingerprint density at radius 2 is 1.41 bits per heavy atom. The molecule has 1 rings (SSSR count). The Hall–Kier alpha value is -0.890. The molecule has 0 aromatic heterocycles. The highest BCUT2D eigenvalue weighted by Crippen LogP contribution is 2.38. The van der Waals surface area contributed by atoms with Crippen LogP contribution in [0.25, 0.3) is 0 Å². The van der Waals surface area contributed by atoms with Crippen LogP contribution < -0.4 is 5.73 Å². The lowest BCUT2D eigenvalue weighted by Gasteiger charge is -2.16. The van der Waals surface area contributed by atoms with Gasteiger partial charge in [-0.1, -0.05) is 12.1 Å². The van der Waals surface area contributed by atoms with Crippen LogP contribution in [-0.4, -0.2) is 11.7 Å². The molecule has 0 saturated carbocycles. The molecule has 1 nitrogen and oxygen atoms in total. The van der Waals surface area contributed by atoms with Gasteiger partial charge in [-0.2, -0.15) is 26.3 Å². The molecule has 1 atom stereocenters. The molecular weight excluding hydrogens is 268 g/mol. The van der Waals surface area contributed by atoms with Crippen LogP contribution in [0.3, 0.4) is 0 Å². The average Bonchev–Trinajstić information content (AvgIpc) is 2.14. The lowest BCUT2D eigenvalue weighted by atomic mass is 10.1. The molecule has 0 amide bonds. The van der Waals surface area contributed by atoms with E-state index in [1.165, 1.54) is 0 Å². The van der Waals surface area contributed by atoms with E-state index in [-0.39, 0.29) is 10.5 Å². The Bertz CT molecular complexity index is 369. The molecule has 0 aliphatic heterocycles. The number of rotatable bonds is 2. The molecule has 17 heavy (non-hydrogen) atoms. The Balaban J connectivity index is 2.82. The van der Waals surface area contributed by atoms with E-state index in [1.54, 1.807) is 0 Å². The van der Waals surface area contributed by atoms with Gasteiger partial charge in [-0.05, 0) is 29.5 Å². The second-order valence-electron chi connectivity index (χ2n) is 3.14. The van der Waals surface area contributed by atoms with E-state index in [2.05, 4.69) is 0 Å². The maximum absolute atomic E-state index is 12.2. The zero-order valence-corrected chi connectivity index (χ0v) is 8.96. The quantitative estimate of drug-likeness (QED) is 0.655. The van der Waals surface area contributed by atoms with Crippen LogP contribution in [0.2, 0.25) is 0 Å². The summed E-state index contributed by atoms with van der Waals surface area (Å²) in [5.41, 5.74) is 0.157. The highest BCUT2D eigenvalue weighted by molar-refractivity contribution is 8.00. The second kappa shape index (κ2) is 4.77. The maximum atomic E-state index is 12.2. The van der Waals surface area contributed by atoms with Crippen molar-refractivity contribution in [1.29, 1.82) is 0 Å². The van der Waals surface area contributed by atoms with Gasteiger partial charge < -0.3 is 5.73 Å². The molecule has 0 bridgehead atoms. The molecule has 0 heterocycles. The van der Waals surface area contributed by atoms with Gasteiger partial charge in [0.1, 0.15) is 6.04 Å². The van der Waals surface area contributed by atoms with Crippen molar-refractivity contribution >= 4 is 11.8 Å². The molecule has 0 saturated heterocycles. The summed E-state index contributed by atoms with van der Waals surface area (Å²) in [5.74, 6) is 0. The fourth-order valence-electron chi connectivity index (χ4n) is 1.07. The first-order valence-corrected chi connectivity index (χ1v) is 5.09. The standard InChI is InChI=1S/C9H7F6NS/c10-8(11,12)7(16)5-1-3-6(4-2-5)17-9(13,14)15/h1-4,7H,16H2/t7-/m0/s1. The third-order valence-electron chi connectivity index (χ3n) is 1.83. The summed E-state index contributed by atoms with van der Waals surface area (Å²) >= 11 is -0.393. The summed E-state index contributed by atoms with van der Waals surface area (Å²) in [4.78, 5) is -0.185. The summed E-state index contributed by atoms with van der Waals surface area (Å²) in [6.45, 7) is 0. The summed E-state index contributed by atoms with van der Waals surface area (Å²) < 4.78 is 72.4. The maximum Gasteiger partial charge on any atom is 0.446 e. The fourth-order valence-corrected chi connectivity index (χ4v) is 1.61. The number of hydrogen-bond donors (Lipinski definition) is 1. The summed E-state index contributed by atoms with van der Waals surface area (Å²) in [6, 6.07) is 1.60. The van der Waals surface area contributed by atoms with Gasteiger partial charge in [-0.3, -0.25) is 0 Å².